The molecule has 0 aromatic carbocycles. The van der Waals surface area contributed by atoms with Gasteiger partial charge >= 0.3 is 0 Å². The van der Waals surface area contributed by atoms with Crippen LogP contribution in [-0.2, 0) is 11.3 Å². The summed E-state index contributed by atoms with van der Waals surface area (Å²) in [5, 5.41) is 1.06. The van der Waals surface area contributed by atoms with Crippen molar-refractivity contribution in [3.05, 3.63) is 16.1 Å². The number of carbonyl (C=O) groups excluding carboxylic acids is 1. The normalized spacial score (nSPS) is 22.1. The molecule has 1 saturated heterocycles. The van der Waals surface area contributed by atoms with Crippen LogP contribution in [0.5, 0.6) is 0 Å². The predicted octanol–water partition coefficient (Wildman–Crippen LogP) is 2.34. The molecule has 1 aliphatic rings. The molecular formula is C10H13BrN2OS. The molecule has 1 aliphatic heterocycles. The van der Waals surface area contributed by atoms with Crippen molar-refractivity contribution in [2.75, 3.05) is 6.54 Å². The van der Waals surface area contributed by atoms with Gasteiger partial charge in [-0.25, -0.2) is 4.98 Å². The van der Waals surface area contributed by atoms with Crippen molar-refractivity contribution < 1.29 is 4.79 Å². The molecule has 1 amide bonds. The number of aromatic nitrogens is 1. The molecule has 1 aromatic heterocycles. The summed E-state index contributed by atoms with van der Waals surface area (Å²) in [5.41, 5.74) is 0. The monoisotopic (exact) mass is 288 g/mol. The molecule has 1 aromatic rings. The van der Waals surface area contributed by atoms with Gasteiger partial charge in [0.25, 0.3) is 0 Å². The van der Waals surface area contributed by atoms with Crippen molar-refractivity contribution in [3.63, 3.8) is 0 Å². The summed E-state index contributed by atoms with van der Waals surface area (Å²) in [6.45, 7) is 3.57. The number of aryl methyl sites for hydroxylation is 1. The van der Waals surface area contributed by atoms with E-state index in [1.54, 1.807) is 11.3 Å². The third kappa shape index (κ3) is 2.58. The van der Waals surface area contributed by atoms with Gasteiger partial charge in [-0.2, -0.15) is 0 Å². The molecule has 0 aliphatic carbocycles. The fraction of sp³-hybridized carbons (Fsp3) is 0.600. The highest BCUT2D eigenvalue weighted by Crippen LogP contribution is 2.22. The summed E-state index contributed by atoms with van der Waals surface area (Å²) in [6, 6.07) is 0. The Kier molecular flexibility index (Phi) is 3.41. The van der Waals surface area contributed by atoms with Crippen LogP contribution >= 0.6 is 27.3 Å². The summed E-state index contributed by atoms with van der Waals surface area (Å²) in [6.07, 6.45) is 3.90. The largest absolute Gasteiger partial charge is 0.337 e. The molecule has 2 rings (SSSR count). The molecule has 5 heteroatoms. The Balaban J connectivity index is 2.02. The maximum absolute atomic E-state index is 11.8. The van der Waals surface area contributed by atoms with Crippen molar-refractivity contribution >= 4 is 33.2 Å². The van der Waals surface area contributed by atoms with E-state index in [0.29, 0.717) is 6.54 Å². The van der Waals surface area contributed by atoms with Crippen molar-refractivity contribution in [2.24, 2.45) is 0 Å². The zero-order valence-electron chi connectivity index (χ0n) is 8.57. The van der Waals surface area contributed by atoms with Crippen LogP contribution in [0.25, 0.3) is 0 Å². The van der Waals surface area contributed by atoms with E-state index in [0.717, 1.165) is 24.4 Å². The quantitative estimate of drug-likeness (QED) is 0.783. The lowest BCUT2D eigenvalue weighted by Crippen LogP contribution is -2.40. The second-order valence-electron chi connectivity index (χ2n) is 3.72. The van der Waals surface area contributed by atoms with Crippen LogP contribution in [0.4, 0.5) is 0 Å². The zero-order chi connectivity index (χ0) is 10.8. The van der Waals surface area contributed by atoms with E-state index in [1.165, 1.54) is 4.88 Å². The van der Waals surface area contributed by atoms with Crippen molar-refractivity contribution in [3.8, 4) is 0 Å². The Morgan fingerprint density at radius 1 is 1.73 bits per heavy atom. The van der Waals surface area contributed by atoms with E-state index in [2.05, 4.69) is 20.9 Å². The Hall–Kier alpha value is -0.420. The lowest BCUT2D eigenvalue weighted by Gasteiger charge is -2.29. The number of rotatable bonds is 2. The van der Waals surface area contributed by atoms with E-state index < -0.39 is 0 Å². The minimum atomic E-state index is 0.0141. The first kappa shape index (κ1) is 11.1. The van der Waals surface area contributed by atoms with Crippen LogP contribution in [0.3, 0.4) is 0 Å². The van der Waals surface area contributed by atoms with Gasteiger partial charge in [0.2, 0.25) is 5.91 Å². The molecule has 0 spiro atoms. The number of alkyl halides is 1. The number of likely N-dealkylation sites (tertiary alicyclic amines) is 1. The standard InChI is InChI=1S/C10H13BrN2OS/c1-7-12-5-8(15-7)6-13-4-2-3-9(11)10(13)14/h5,9H,2-4,6H2,1H3. The van der Waals surface area contributed by atoms with Crippen LogP contribution in [0.1, 0.15) is 22.7 Å². The maximum atomic E-state index is 11.8. The van der Waals surface area contributed by atoms with E-state index in [1.807, 2.05) is 18.0 Å². The summed E-state index contributed by atoms with van der Waals surface area (Å²) in [7, 11) is 0. The second kappa shape index (κ2) is 4.61. The first-order valence-electron chi connectivity index (χ1n) is 5.01. The topological polar surface area (TPSA) is 33.2 Å². The van der Waals surface area contributed by atoms with Gasteiger partial charge < -0.3 is 4.90 Å². The lowest BCUT2D eigenvalue weighted by molar-refractivity contribution is -0.132. The molecule has 2 heterocycles. The molecule has 3 nitrogen and oxygen atoms in total. The van der Waals surface area contributed by atoms with Gasteiger partial charge in [-0.15, -0.1) is 11.3 Å². The highest BCUT2D eigenvalue weighted by Gasteiger charge is 2.26. The molecule has 0 bridgehead atoms. The highest BCUT2D eigenvalue weighted by molar-refractivity contribution is 9.10. The van der Waals surface area contributed by atoms with Gasteiger partial charge in [0.15, 0.2) is 0 Å². The van der Waals surface area contributed by atoms with Crippen molar-refractivity contribution in [1.82, 2.24) is 9.88 Å². The van der Waals surface area contributed by atoms with Crippen molar-refractivity contribution in [1.29, 1.82) is 0 Å². The molecule has 0 N–H and O–H groups in total. The number of piperidine rings is 1. The molecule has 82 valence electrons. The SMILES string of the molecule is Cc1ncc(CN2CCCC(Br)C2=O)s1. The van der Waals surface area contributed by atoms with Crippen LogP contribution in [-0.4, -0.2) is 27.2 Å². The molecule has 1 atom stereocenters. The van der Waals surface area contributed by atoms with E-state index >= 15 is 0 Å². The second-order valence-corrected chi connectivity index (χ2v) is 6.14. The molecule has 0 saturated carbocycles. The number of thiazole rings is 1. The smallest absolute Gasteiger partial charge is 0.236 e. The van der Waals surface area contributed by atoms with Gasteiger partial charge in [0.1, 0.15) is 0 Å². The number of carbonyl (C=O) groups is 1. The van der Waals surface area contributed by atoms with Crippen molar-refractivity contribution in [2.45, 2.75) is 31.1 Å². The van der Waals surface area contributed by atoms with Gasteiger partial charge in [0.05, 0.1) is 16.4 Å². The Labute approximate surface area is 102 Å². The molecule has 15 heavy (non-hydrogen) atoms. The Morgan fingerprint density at radius 3 is 3.20 bits per heavy atom. The average Bonchev–Trinajstić information content (AvgIpc) is 2.59. The van der Waals surface area contributed by atoms with Crippen LogP contribution < -0.4 is 0 Å². The number of nitrogens with zero attached hydrogens (tertiary/aromatic N) is 2. The van der Waals surface area contributed by atoms with E-state index in [-0.39, 0.29) is 10.7 Å². The number of halogens is 1. The van der Waals surface area contributed by atoms with Crippen LogP contribution in [0, 0.1) is 6.92 Å². The van der Waals surface area contributed by atoms with Crippen LogP contribution in [0.2, 0.25) is 0 Å². The third-order valence-corrected chi connectivity index (χ3v) is 4.23. The number of hydrogen-bond donors (Lipinski definition) is 0. The fourth-order valence-electron chi connectivity index (χ4n) is 1.72. The first-order chi connectivity index (χ1) is 7.16. The predicted molar refractivity (Wildman–Crippen MR) is 64.2 cm³/mol. The molecule has 1 unspecified atom stereocenters. The van der Waals surface area contributed by atoms with Gasteiger partial charge in [-0.05, 0) is 19.8 Å². The van der Waals surface area contributed by atoms with Gasteiger partial charge in [0, 0.05) is 17.6 Å². The molecule has 1 fully saturated rings. The lowest BCUT2D eigenvalue weighted by atomic mass is 10.1. The highest BCUT2D eigenvalue weighted by atomic mass is 79.9. The summed E-state index contributed by atoms with van der Waals surface area (Å²) >= 11 is 5.07. The maximum Gasteiger partial charge on any atom is 0.236 e. The minimum absolute atomic E-state index is 0.0141. The Morgan fingerprint density at radius 2 is 2.53 bits per heavy atom. The summed E-state index contributed by atoms with van der Waals surface area (Å²) < 4.78 is 0. The van der Waals surface area contributed by atoms with E-state index in [9.17, 15) is 4.79 Å². The number of amides is 1. The Bertz CT molecular complexity index is 366. The van der Waals surface area contributed by atoms with Gasteiger partial charge in [-0.1, -0.05) is 15.9 Å². The minimum Gasteiger partial charge on any atom is -0.337 e. The number of hydrogen-bond acceptors (Lipinski definition) is 3. The summed E-state index contributed by atoms with van der Waals surface area (Å²) in [5.74, 6) is 0.215. The first-order valence-corrected chi connectivity index (χ1v) is 6.74. The summed E-state index contributed by atoms with van der Waals surface area (Å²) in [4.78, 5) is 19.1. The molecular weight excluding hydrogens is 276 g/mol. The zero-order valence-corrected chi connectivity index (χ0v) is 11.0. The van der Waals surface area contributed by atoms with Crippen LogP contribution in [0.15, 0.2) is 6.20 Å². The van der Waals surface area contributed by atoms with E-state index in [4.69, 9.17) is 0 Å². The fourth-order valence-corrected chi connectivity index (χ4v) is 3.14. The average molecular weight is 289 g/mol. The third-order valence-electron chi connectivity index (χ3n) is 2.48. The van der Waals surface area contributed by atoms with Gasteiger partial charge in [-0.3, -0.25) is 4.79 Å². The molecule has 0 radical (unpaired) electrons.